The average Bonchev–Trinajstić information content (AvgIpc) is 2.15. The number of hydrogen-bond acceptors (Lipinski definition) is 3. The first-order valence-electron chi connectivity index (χ1n) is 6.09. The molecule has 3 heteroatoms. The van der Waals surface area contributed by atoms with Crippen molar-refractivity contribution >= 4 is 5.97 Å². The lowest BCUT2D eigenvalue weighted by molar-refractivity contribution is -0.162. The van der Waals surface area contributed by atoms with E-state index in [4.69, 9.17) is 4.74 Å². The molecule has 0 aromatic rings. The van der Waals surface area contributed by atoms with Crippen molar-refractivity contribution in [2.24, 2.45) is 0 Å². The van der Waals surface area contributed by atoms with Gasteiger partial charge in [-0.2, -0.15) is 0 Å². The van der Waals surface area contributed by atoms with Gasteiger partial charge in [-0.25, -0.2) is 4.79 Å². The van der Waals surface area contributed by atoms with E-state index in [0.717, 1.165) is 18.4 Å². The van der Waals surface area contributed by atoms with Crippen LogP contribution in [0.25, 0.3) is 0 Å². The lowest BCUT2D eigenvalue weighted by Crippen LogP contribution is -2.16. The van der Waals surface area contributed by atoms with E-state index in [2.05, 4.69) is 6.92 Å². The van der Waals surface area contributed by atoms with Gasteiger partial charge >= 0.3 is 5.97 Å². The highest BCUT2D eigenvalue weighted by molar-refractivity contribution is 5.82. The molecule has 0 saturated heterocycles. The van der Waals surface area contributed by atoms with E-state index in [9.17, 15) is 9.90 Å². The van der Waals surface area contributed by atoms with Gasteiger partial charge < -0.3 is 9.84 Å². The van der Waals surface area contributed by atoms with E-state index in [-0.39, 0.29) is 0 Å². The van der Waals surface area contributed by atoms with Crippen LogP contribution < -0.4 is 0 Å². The van der Waals surface area contributed by atoms with Gasteiger partial charge in [0.25, 0.3) is 0 Å². The second-order valence-corrected chi connectivity index (χ2v) is 4.32. The van der Waals surface area contributed by atoms with Crippen LogP contribution in [0.2, 0.25) is 0 Å². The minimum Gasteiger partial charge on any atom is -0.433 e. The van der Waals surface area contributed by atoms with E-state index >= 15 is 0 Å². The predicted octanol–water partition coefficient (Wildman–Crippen LogP) is 3.17. The minimum atomic E-state index is -0.954. The number of carbonyl (C=O) groups excluding carboxylic acids is 1. The summed E-state index contributed by atoms with van der Waals surface area (Å²) in [5.41, 5.74) is 0.875. The van der Waals surface area contributed by atoms with Gasteiger partial charge in [-0.3, -0.25) is 0 Å². The second-order valence-electron chi connectivity index (χ2n) is 4.32. The zero-order chi connectivity index (χ0) is 12.4. The Morgan fingerprint density at radius 1 is 1.25 bits per heavy atom. The number of hydrogen-bond donors (Lipinski definition) is 1. The summed E-state index contributed by atoms with van der Waals surface area (Å²) in [6.45, 7) is 5.80. The fourth-order valence-corrected chi connectivity index (χ4v) is 1.39. The SMILES string of the molecule is CCCCCCCC(O)OC(=O)C=C(C)C. The van der Waals surface area contributed by atoms with Crippen molar-refractivity contribution in [2.45, 2.75) is 65.6 Å². The molecular weight excluding hydrogens is 204 g/mol. The Bertz CT molecular complexity index is 217. The van der Waals surface area contributed by atoms with Crippen molar-refractivity contribution in [1.29, 1.82) is 0 Å². The lowest BCUT2D eigenvalue weighted by Gasteiger charge is -2.10. The molecule has 0 spiro atoms. The van der Waals surface area contributed by atoms with Crippen LogP contribution in [-0.2, 0) is 9.53 Å². The molecule has 1 N–H and O–H groups in total. The van der Waals surface area contributed by atoms with Gasteiger partial charge in [-0.15, -0.1) is 0 Å². The van der Waals surface area contributed by atoms with Crippen molar-refractivity contribution in [3.63, 3.8) is 0 Å². The average molecular weight is 228 g/mol. The summed E-state index contributed by atoms with van der Waals surface area (Å²) >= 11 is 0. The maximum atomic E-state index is 11.1. The quantitative estimate of drug-likeness (QED) is 0.300. The number of esters is 1. The molecule has 0 aliphatic carbocycles. The van der Waals surface area contributed by atoms with Crippen molar-refractivity contribution in [2.75, 3.05) is 0 Å². The molecule has 0 amide bonds. The second kappa shape index (κ2) is 9.40. The highest BCUT2D eigenvalue weighted by Crippen LogP contribution is 2.08. The fraction of sp³-hybridized carbons (Fsp3) is 0.769. The molecule has 0 heterocycles. The Labute approximate surface area is 98.5 Å². The zero-order valence-electron chi connectivity index (χ0n) is 10.7. The number of rotatable bonds is 8. The van der Waals surface area contributed by atoms with Gasteiger partial charge in [-0.1, -0.05) is 38.2 Å². The Hall–Kier alpha value is -0.830. The molecule has 94 valence electrons. The minimum absolute atomic E-state index is 0.457. The molecule has 0 bridgehead atoms. The standard InChI is InChI=1S/C13H24O3/c1-4-5-6-7-8-9-12(14)16-13(15)10-11(2)3/h10,12,14H,4-9H2,1-3H3. The van der Waals surface area contributed by atoms with Crippen LogP contribution >= 0.6 is 0 Å². The molecule has 0 radical (unpaired) electrons. The normalized spacial score (nSPS) is 12.0. The number of ether oxygens (including phenoxy) is 1. The van der Waals surface area contributed by atoms with Gasteiger partial charge in [0.05, 0.1) is 0 Å². The van der Waals surface area contributed by atoms with Crippen LogP contribution in [0.4, 0.5) is 0 Å². The van der Waals surface area contributed by atoms with Crippen molar-refractivity contribution in [1.82, 2.24) is 0 Å². The third-order valence-electron chi connectivity index (χ3n) is 2.21. The van der Waals surface area contributed by atoms with Crippen molar-refractivity contribution in [3.05, 3.63) is 11.6 Å². The van der Waals surface area contributed by atoms with E-state index in [1.54, 1.807) is 0 Å². The molecule has 16 heavy (non-hydrogen) atoms. The van der Waals surface area contributed by atoms with Crippen LogP contribution in [0, 0.1) is 0 Å². The van der Waals surface area contributed by atoms with Gasteiger partial charge in [0, 0.05) is 12.5 Å². The number of aliphatic hydroxyl groups is 1. The maximum absolute atomic E-state index is 11.1. The van der Waals surface area contributed by atoms with Crippen LogP contribution in [-0.4, -0.2) is 17.4 Å². The molecular formula is C13H24O3. The maximum Gasteiger partial charge on any atom is 0.332 e. The molecule has 1 atom stereocenters. The molecule has 0 aromatic carbocycles. The smallest absolute Gasteiger partial charge is 0.332 e. The van der Waals surface area contributed by atoms with Gasteiger partial charge in [0.2, 0.25) is 6.29 Å². The van der Waals surface area contributed by atoms with E-state index < -0.39 is 12.3 Å². The summed E-state index contributed by atoms with van der Waals surface area (Å²) in [6.07, 6.45) is 6.59. The topological polar surface area (TPSA) is 46.5 Å². The highest BCUT2D eigenvalue weighted by Gasteiger charge is 2.08. The molecule has 0 aliphatic heterocycles. The van der Waals surface area contributed by atoms with Crippen molar-refractivity contribution < 1.29 is 14.6 Å². The Morgan fingerprint density at radius 3 is 2.44 bits per heavy atom. The lowest BCUT2D eigenvalue weighted by atomic mass is 10.1. The van der Waals surface area contributed by atoms with E-state index in [0.29, 0.717) is 6.42 Å². The summed E-state index contributed by atoms with van der Waals surface area (Å²) in [7, 11) is 0. The summed E-state index contributed by atoms with van der Waals surface area (Å²) in [4.78, 5) is 11.1. The number of aliphatic hydroxyl groups excluding tert-OH is 1. The number of unbranched alkanes of at least 4 members (excludes halogenated alkanes) is 4. The first-order chi connectivity index (χ1) is 7.56. The molecule has 0 aromatic heterocycles. The largest absolute Gasteiger partial charge is 0.433 e. The summed E-state index contributed by atoms with van der Waals surface area (Å²) < 4.78 is 4.81. The van der Waals surface area contributed by atoms with E-state index in [1.165, 1.54) is 25.3 Å². The molecule has 1 unspecified atom stereocenters. The summed E-state index contributed by atoms with van der Waals surface area (Å²) in [5, 5.41) is 9.42. The Morgan fingerprint density at radius 2 is 1.88 bits per heavy atom. The molecule has 0 saturated carbocycles. The predicted molar refractivity (Wildman–Crippen MR) is 64.9 cm³/mol. The first-order valence-corrected chi connectivity index (χ1v) is 6.09. The Balaban J connectivity index is 3.54. The highest BCUT2D eigenvalue weighted by atomic mass is 16.6. The van der Waals surface area contributed by atoms with Crippen LogP contribution in [0.1, 0.15) is 59.3 Å². The Kier molecular flexibility index (Phi) is 8.91. The molecule has 3 nitrogen and oxygen atoms in total. The van der Waals surface area contributed by atoms with Crippen LogP contribution in [0.3, 0.4) is 0 Å². The number of carbonyl (C=O) groups is 1. The van der Waals surface area contributed by atoms with Gasteiger partial charge in [-0.05, 0) is 20.3 Å². The van der Waals surface area contributed by atoms with Gasteiger partial charge in [0.1, 0.15) is 0 Å². The molecule has 0 aliphatic rings. The zero-order valence-corrected chi connectivity index (χ0v) is 10.7. The molecule has 0 rings (SSSR count). The monoisotopic (exact) mass is 228 g/mol. The fourth-order valence-electron chi connectivity index (χ4n) is 1.39. The summed E-state index contributed by atoms with van der Waals surface area (Å²) in [5.74, 6) is -0.457. The third-order valence-corrected chi connectivity index (χ3v) is 2.21. The number of allylic oxidation sites excluding steroid dienone is 1. The van der Waals surface area contributed by atoms with E-state index in [1.807, 2.05) is 13.8 Å². The van der Waals surface area contributed by atoms with Gasteiger partial charge in [0.15, 0.2) is 0 Å². The van der Waals surface area contributed by atoms with Crippen LogP contribution in [0.15, 0.2) is 11.6 Å². The summed E-state index contributed by atoms with van der Waals surface area (Å²) in [6, 6.07) is 0. The van der Waals surface area contributed by atoms with Crippen LogP contribution in [0.5, 0.6) is 0 Å². The van der Waals surface area contributed by atoms with Crippen molar-refractivity contribution in [3.8, 4) is 0 Å². The third kappa shape index (κ3) is 9.71. The molecule has 0 fully saturated rings. The first kappa shape index (κ1) is 15.2.